The number of aliphatic imine (C=N–C) groups is 1. The molecule has 712 valence electrons. The van der Waals surface area contributed by atoms with E-state index in [0.717, 1.165) is 209 Å². The zero-order chi connectivity index (χ0) is 92.6. The van der Waals surface area contributed by atoms with Crippen LogP contribution in [0.15, 0.2) is 127 Å². The van der Waals surface area contributed by atoms with E-state index in [4.69, 9.17) is 47.4 Å². The lowest BCUT2D eigenvalue weighted by atomic mass is 9.92. The highest BCUT2D eigenvalue weighted by molar-refractivity contribution is 5.93. The monoisotopic (exact) mass is 1860 g/mol. The van der Waals surface area contributed by atoms with Gasteiger partial charge in [0.2, 0.25) is 11.8 Å². The van der Waals surface area contributed by atoms with Gasteiger partial charge in [-0.3, -0.25) is 34.8 Å². The second-order valence-corrected chi connectivity index (χ2v) is 34.2. The van der Waals surface area contributed by atoms with Crippen molar-refractivity contribution in [2.24, 2.45) is 4.99 Å². The molecule has 134 heavy (non-hydrogen) atoms. The number of methoxy groups -OCH3 is 2. The van der Waals surface area contributed by atoms with Crippen LogP contribution in [0.2, 0.25) is 0 Å². The minimum Gasteiger partial charge on any atom is -0.488 e. The number of nitrogens with zero attached hydrogens (tertiary/aromatic N) is 18. The molecule has 5 saturated heterocycles. The summed E-state index contributed by atoms with van der Waals surface area (Å²) in [5.74, 6) is 0.989. The molecule has 0 bridgehead atoms. The molecule has 12 heterocycles. The largest absolute Gasteiger partial charge is 0.488 e. The maximum atomic E-state index is 12.9. The fraction of sp³-hybridized carbons (Fsp3) is 0.511. The first-order chi connectivity index (χ1) is 65.1. The molecule has 4 aliphatic carbocycles. The molecule has 4 saturated carbocycles. The van der Waals surface area contributed by atoms with E-state index in [1.807, 2.05) is 42.4 Å². The number of alkyl halides is 6. The number of nitrogens with one attached hydrogen (secondary N) is 5. The number of amides is 1. The molecule has 6 N–H and O–H groups in total. The number of ether oxygens (including phenoxy) is 10. The average Bonchev–Trinajstić information content (AvgIpc) is 1.62. The van der Waals surface area contributed by atoms with Gasteiger partial charge < -0.3 is 88.0 Å². The Morgan fingerprint density at radius 2 is 0.851 bits per heavy atom. The van der Waals surface area contributed by atoms with E-state index in [1.165, 1.54) is 0 Å². The predicted molar refractivity (Wildman–Crippen MR) is 484 cm³/mol. The van der Waals surface area contributed by atoms with E-state index in [2.05, 4.69) is 140 Å². The van der Waals surface area contributed by atoms with Gasteiger partial charge in [0, 0.05) is 191 Å². The van der Waals surface area contributed by atoms with Gasteiger partial charge in [-0.25, -0.2) is 40.2 Å². The summed E-state index contributed by atoms with van der Waals surface area (Å²) in [6.07, 6.45) is 18.3. The first-order valence-electron chi connectivity index (χ1n) is 45.6. The van der Waals surface area contributed by atoms with Crippen LogP contribution in [0.25, 0.3) is 44.1 Å². The smallest absolute Gasteiger partial charge is 0.445 e. The van der Waals surface area contributed by atoms with E-state index in [-0.39, 0.29) is 54.0 Å². The Labute approximate surface area is 768 Å². The molecule has 7 aromatic heterocycles. The highest BCUT2D eigenvalue weighted by Crippen LogP contribution is 2.42. The third-order valence-corrected chi connectivity index (χ3v) is 25.0. The minimum absolute atomic E-state index is 0.00340. The SMILES string of the molecule is COc1cc(NC2CCC(Oc3cc(N4CCOCC4)cc4nccnc34)CC2)nc(OC)n1.Cc1ccnc(NC2CCC(Oc3cc(N4CCOCC4)cc4nccnc34)CC2)n1.O=C(NC1CCC(Oc2cc(N3CCOCC3)cc3nccnc23)CC1)c1cc(C(F)(F)F)[nH]n1.OC1(C(F)(F)F)CC(=NC2CCC(Oc3cc(N4CCOCC4)cc4nccnc34)CC2)NO1. The Balaban J connectivity index is 0.000000124. The second kappa shape index (κ2) is 43.2. The number of anilines is 6. The lowest BCUT2D eigenvalue weighted by molar-refractivity contribution is -0.361. The van der Waals surface area contributed by atoms with Gasteiger partial charge in [0.05, 0.1) is 126 Å². The fourth-order valence-electron chi connectivity index (χ4n) is 17.8. The van der Waals surface area contributed by atoms with Crippen molar-refractivity contribution in [3.05, 3.63) is 140 Å². The maximum absolute atomic E-state index is 12.9. The molecular formula is C92H109F6N23O13. The number of aromatic amines is 1. The quantitative estimate of drug-likeness (QED) is 0.0364. The number of morpholine rings is 4. The zero-order valence-corrected chi connectivity index (χ0v) is 74.7. The molecule has 42 heteroatoms. The van der Waals surface area contributed by atoms with E-state index >= 15 is 0 Å². The molecule has 9 fully saturated rings. The Bertz CT molecular complexity index is 5760. The fourth-order valence-corrected chi connectivity index (χ4v) is 17.8. The second-order valence-electron chi connectivity index (χ2n) is 34.2. The summed E-state index contributed by atoms with van der Waals surface area (Å²) in [4.78, 5) is 83.5. The highest BCUT2D eigenvalue weighted by Gasteiger charge is 2.60. The number of H-pyrrole nitrogens is 1. The van der Waals surface area contributed by atoms with Crippen LogP contribution >= 0.6 is 0 Å². The number of carbonyl (C=O) groups is 1. The van der Waals surface area contributed by atoms with E-state index in [1.54, 1.807) is 76.1 Å². The molecule has 1 atom stereocenters. The van der Waals surface area contributed by atoms with Gasteiger partial charge in [0.15, 0.2) is 5.69 Å². The molecule has 1 unspecified atom stereocenters. The zero-order valence-electron chi connectivity index (χ0n) is 74.7. The van der Waals surface area contributed by atoms with Gasteiger partial charge in [-0.1, -0.05) is 0 Å². The van der Waals surface area contributed by atoms with E-state index in [9.17, 15) is 36.2 Å². The highest BCUT2D eigenvalue weighted by atomic mass is 19.4. The molecule has 20 rings (SSSR count). The van der Waals surface area contributed by atoms with Gasteiger partial charge in [0.1, 0.15) is 62.4 Å². The van der Waals surface area contributed by atoms with Gasteiger partial charge in [-0.15, -0.1) is 0 Å². The minimum atomic E-state index is -4.90. The van der Waals surface area contributed by atoms with Crippen molar-refractivity contribution in [3.8, 4) is 34.9 Å². The number of benzene rings is 4. The first-order valence-corrected chi connectivity index (χ1v) is 45.6. The molecule has 0 spiro atoms. The van der Waals surface area contributed by atoms with Crippen molar-refractivity contribution < 1.29 is 88.4 Å². The molecular weight excluding hydrogens is 1750 g/mol. The standard InChI is InChI=1S/C24H30N6O4.C23H25F3N6O3.C23H28N6O2.C22H26F3N5O4/c1-31-22-15-21(28-24(29-22)32-2)27-16-3-5-18(6-4-16)34-20-14-17(30-9-11-33-12-10-30)13-19-23(20)26-8-7-25-19;24-23(25,26)20-13-18(30-31-20)22(33)29-14-1-3-16(4-2-14)35-19-12-15(32-7-9-34-10-8-32)11-17-21(19)28-6-5-27-17;1-16-6-7-26-23(27-16)28-17-2-4-19(5-3-17)31-21-15-18(29-10-12-30-13-11-29)14-20-22(21)25-9-8-24-20;23-22(24,25)21(31)13-19(29-34-21)28-14-1-3-16(4-2-14)33-18-12-15(30-7-9-32-10-8-30)11-17-20(18)27-6-5-26-17/h7-8,13-16,18H,3-6,9-12H2,1-2H3,(H,27,28,29);5-6,11-14,16H,1-4,7-10H2,(H,29,33)(H,30,31);6-9,14-15,17,19H,2-5,10-13H2,1H3,(H,26,27,28);5-6,11-12,14,16,31H,1-4,7-10,13H2,(H,28,29). The van der Waals surface area contributed by atoms with Gasteiger partial charge in [0.25, 0.3) is 11.7 Å². The van der Waals surface area contributed by atoms with Crippen LogP contribution in [0.4, 0.5) is 60.9 Å². The van der Waals surface area contributed by atoms with Crippen molar-refractivity contribution in [2.45, 2.75) is 183 Å². The number of hydroxylamine groups is 1. The Hall–Kier alpha value is -12.5. The number of aromatic nitrogens is 14. The topological polar surface area (TPSA) is 396 Å². The van der Waals surface area contributed by atoms with Crippen molar-refractivity contribution in [2.75, 3.05) is 150 Å². The summed E-state index contributed by atoms with van der Waals surface area (Å²) < 4.78 is 135. The Morgan fingerprint density at radius 3 is 1.22 bits per heavy atom. The summed E-state index contributed by atoms with van der Waals surface area (Å²) in [6.45, 7) is 14.2. The molecule has 5 aliphatic heterocycles. The van der Waals surface area contributed by atoms with E-state index < -0.39 is 36.2 Å². The lowest BCUT2D eigenvalue weighted by Crippen LogP contribution is -2.45. The third kappa shape index (κ3) is 24.0. The number of rotatable bonds is 21. The number of halogens is 6. The molecule has 0 radical (unpaired) electrons. The van der Waals surface area contributed by atoms with Crippen LogP contribution in [-0.4, -0.2) is 267 Å². The number of aryl methyl sites for hydroxylation is 1. The summed E-state index contributed by atoms with van der Waals surface area (Å²) in [7, 11) is 3.12. The van der Waals surface area contributed by atoms with Crippen LogP contribution in [0.1, 0.15) is 131 Å². The van der Waals surface area contributed by atoms with Gasteiger partial charge >= 0.3 is 18.4 Å². The van der Waals surface area contributed by atoms with Crippen LogP contribution in [-0.2, 0) is 30.0 Å². The Kier molecular flexibility index (Phi) is 30.1. The van der Waals surface area contributed by atoms with Crippen molar-refractivity contribution in [3.63, 3.8) is 0 Å². The summed E-state index contributed by atoms with van der Waals surface area (Å²) >= 11 is 0. The summed E-state index contributed by atoms with van der Waals surface area (Å²) in [5.41, 5.74) is 12.3. The first kappa shape index (κ1) is 93.3. The number of aliphatic hydroxyl groups is 1. The summed E-state index contributed by atoms with van der Waals surface area (Å²) in [6, 6.07) is 21.4. The van der Waals surface area contributed by atoms with Crippen molar-refractivity contribution in [1.82, 2.24) is 80.8 Å². The van der Waals surface area contributed by atoms with Gasteiger partial charge in [-0.2, -0.15) is 41.4 Å². The van der Waals surface area contributed by atoms with Crippen LogP contribution < -0.4 is 69.5 Å². The number of carbonyl (C=O) groups excluding carboxylic acids is 1. The molecule has 4 aromatic carbocycles. The van der Waals surface area contributed by atoms with Crippen molar-refractivity contribution >= 4 is 90.4 Å². The normalized spacial score (nSPS) is 23.3. The van der Waals surface area contributed by atoms with Crippen LogP contribution in [0, 0.1) is 6.92 Å². The molecule has 36 nitrogen and oxygen atoms in total. The average molecular weight is 1860 g/mol. The molecule has 9 aliphatic rings. The molecule has 1 amide bonds. The predicted octanol–water partition coefficient (Wildman–Crippen LogP) is 12.5. The number of hydrogen-bond acceptors (Lipinski definition) is 33. The van der Waals surface area contributed by atoms with E-state index in [0.29, 0.717) is 130 Å². The maximum Gasteiger partial charge on any atom is 0.445 e. The third-order valence-electron chi connectivity index (χ3n) is 25.0. The van der Waals surface area contributed by atoms with Crippen LogP contribution in [0.5, 0.6) is 34.9 Å². The molecule has 11 aromatic rings. The van der Waals surface area contributed by atoms with Crippen LogP contribution in [0.3, 0.4) is 0 Å². The number of amidine groups is 1. The Morgan fingerprint density at radius 1 is 0.463 bits per heavy atom. The summed E-state index contributed by atoms with van der Waals surface area (Å²) in [5, 5.41) is 24.7. The lowest BCUT2D eigenvalue weighted by Gasteiger charge is -2.31. The van der Waals surface area contributed by atoms with Crippen molar-refractivity contribution in [1.29, 1.82) is 0 Å². The number of hydrogen-bond donors (Lipinski definition) is 6. The number of fused-ring (bicyclic) bond motifs is 4. The van der Waals surface area contributed by atoms with Gasteiger partial charge in [-0.05, 0) is 140 Å².